The van der Waals surface area contributed by atoms with Crippen LogP contribution in [0.4, 0.5) is 0 Å². The Hall–Kier alpha value is -0.700. The number of nitrogens with one attached hydrogen (secondary N) is 2. The van der Waals surface area contributed by atoms with Gasteiger partial charge < -0.3 is 11.5 Å². The van der Waals surface area contributed by atoms with Crippen LogP contribution in [0.15, 0.2) is 0 Å². The summed E-state index contributed by atoms with van der Waals surface area (Å²) in [6.45, 7) is 1.19. The van der Waals surface area contributed by atoms with Gasteiger partial charge in [-0.15, -0.1) is 0 Å². The Kier molecular flexibility index (Phi) is 25.3. The molecular formula is C3H10N4. The number of nitrogens with two attached hydrogens (primary N) is 2. The summed E-state index contributed by atoms with van der Waals surface area (Å²) in [5.41, 5.74) is 9.81. The quantitative estimate of drug-likeness (QED) is 0.326. The highest BCUT2D eigenvalue weighted by Crippen LogP contribution is 1.24. The molecule has 0 atom stereocenters. The molecule has 42 valence electrons. The Morgan fingerprint density at radius 3 is 1.29 bits per heavy atom. The van der Waals surface area contributed by atoms with Crippen molar-refractivity contribution in [3.63, 3.8) is 0 Å². The van der Waals surface area contributed by atoms with Crippen LogP contribution >= 0.6 is 0 Å². The van der Waals surface area contributed by atoms with Crippen molar-refractivity contribution >= 4 is 6.01 Å². The van der Waals surface area contributed by atoms with E-state index < -0.39 is 0 Å². The highest BCUT2D eigenvalue weighted by atomic mass is 14.6. The van der Waals surface area contributed by atoms with Crippen molar-refractivity contribution in [1.29, 1.82) is 10.8 Å². The summed E-state index contributed by atoms with van der Waals surface area (Å²) in [4.78, 5) is 0. The average molecular weight is 102 g/mol. The van der Waals surface area contributed by atoms with Crippen LogP contribution in [0.3, 0.4) is 0 Å². The second kappa shape index (κ2) is 18.5. The fraction of sp³-hybridized carbons (Fsp3) is 0.667. The van der Waals surface area contributed by atoms with Crippen molar-refractivity contribution in [2.45, 2.75) is 0 Å². The molecule has 7 heavy (non-hydrogen) atoms. The third-order valence-corrected chi connectivity index (χ3v) is 0.167. The van der Waals surface area contributed by atoms with E-state index in [2.05, 4.69) is 0 Å². The fourth-order valence-electron chi connectivity index (χ4n) is 0. The zero-order chi connectivity index (χ0) is 6.12. The molecule has 0 aromatic rings. The molecule has 0 saturated carbocycles. The van der Waals surface area contributed by atoms with E-state index in [1.807, 2.05) is 0 Å². The molecule has 0 radical (unpaired) electrons. The van der Waals surface area contributed by atoms with Gasteiger partial charge in [-0.2, -0.15) is 0 Å². The molecule has 0 bridgehead atoms. The first-order chi connectivity index (χ1) is 3.33. The van der Waals surface area contributed by atoms with E-state index in [-0.39, 0.29) is 0 Å². The van der Waals surface area contributed by atoms with Crippen LogP contribution in [0.5, 0.6) is 0 Å². The van der Waals surface area contributed by atoms with Gasteiger partial charge in [-0.1, -0.05) is 0 Å². The Morgan fingerprint density at radius 1 is 1.14 bits per heavy atom. The first-order valence-corrected chi connectivity index (χ1v) is 1.82. The summed E-state index contributed by atoms with van der Waals surface area (Å²) in [6, 6.07) is 1.25. The van der Waals surface area contributed by atoms with Gasteiger partial charge in [0.2, 0.25) is 0 Å². The molecule has 0 aromatic carbocycles. The second-order valence-corrected chi connectivity index (χ2v) is 0.702. The third-order valence-electron chi connectivity index (χ3n) is 0.167. The molecule has 0 aliphatic heterocycles. The Labute approximate surface area is 42.5 Å². The van der Waals surface area contributed by atoms with Gasteiger partial charge in [0, 0.05) is 13.1 Å². The van der Waals surface area contributed by atoms with Crippen molar-refractivity contribution in [3.8, 4) is 0 Å². The number of rotatable bonds is 1. The molecule has 0 heterocycles. The zero-order valence-corrected chi connectivity index (χ0v) is 4.07. The molecule has 4 nitrogen and oxygen atoms in total. The van der Waals surface area contributed by atoms with Gasteiger partial charge in [-0.25, -0.2) is 10.8 Å². The minimum Gasteiger partial charge on any atom is -0.329 e. The highest BCUT2D eigenvalue weighted by Gasteiger charge is 1.54. The topological polar surface area (TPSA) is 99.7 Å². The standard InChI is InChI=1S/C2H8N2.CH2N2/c3-1-2-4;2-1-3/h1-4H2;2-3H. The molecule has 0 aromatic heterocycles. The van der Waals surface area contributed by atoms with E-state index in [1.165, 1.54) is 6.01 Å². The minimum absolute atomic E-state index is 0.597. The lowest BCUT2D eigenvalue weighted by Crippen LogP contribution is -2.11. The smallest absolute Gasteiger partial charge is 0.0831 e. The van der Waals surface area contributed by atoms with Crippen molar-refractivity contribution in [3.05, 3.63) is 0 Å². The van der Waals surface area contributed by atoms with Gasteiger partial charge in [-0.05, 0) is 0 Å². The van der Waals surface area contributed by atoms with Gasteiger partial charge in [0.1, 0.15) is 0 Å². The van der Waals surface area contributed by atoms with E-state index in [9.17, 15) is 0 Å². The predicted octanol–water partition coefficient (Wildman–Crippen LogP) is -0.778. The van der Waals surface area contributed by atoms with Crippen LogP contribution in [0.1, 0.15) is 0 Å². The van der Waals surface area contributed by atoms with Crippen LogP contribution in [0, 0.1) is 10.8 Å². The summed E-state index contributed by atoms with van der Waals surface area (Å²) in [5.74, 6) is 0. The first-order valence-electron chi connectivity index (χ1n) is 1.82. The summed E-state index contributed by atoms with van der Waals surface area (Å²) in [7, 11) is 0. The molecule has 0 spiro atoms. The van der Waals surface area contributed by atoms with E-state index in [0.717, 1.165) is 0 Å². The van der Waals surface area contributed by atoms with Crippen LogP contribution < -0.4 is 11.5 Å². The molecule has 0 unspecified atom stereocenters. The zero-order valence-electron chi connectivity index (χ0n) is 4.07. The van der Waals surface area contributed by atoms with Crippen LogP contribution in [0.25, 0.3) is 0 Å². The van der Waals surface area contributed by atoms with E-state index in [0.29, 0.717) is 13.1 Å². The maximum absolute atomic E-state index is 5.62. The monoisotopic (exact) mass is 102 g/mol. The van der Waals surface area contributed by atoms with Gasteiger partial charge in [-0.3, -0.25) is 0 Å². The van der Waals surface area contributed by atoms with E-state index in [4.69, 9.17) is 22.3 Å². The lowest BCUT2D eigenvalue weighted by molar-refractivity contribution is 0.976. The van der Waals surface area contributed by atoms with Crippen molar-refractivity contribution in [2.75, 3.05) is 13.1 Å². The van der Waals surface area contributed by atoms with Crippen LogP contribution in [0.2, 0.25) is 0 Å². The van der Waals surface area contributed by atoms with E-state index in [1.54, 1.807) is 0 Å². The van der Waals surface area contributed by atoms with Gasteiger partial charge >= 0.3 is 0 Å². The highest BCUT2D eigenvalue weighted by molar-refractivity contribution is 5.29. The van der Waals surface area contributed by atoms with Gasteiger partial charge in [0.15, 0.2) is 0 Å². The Balaban J connectivity index is 0. The molecule has 0 aliphatic rings. The number of hydrogen-bond donors (Lipinski definition) is 4. The maximum Gasteiger partial charge on any atom is 0.0831 e. The van der Waals surface area contributed by atoms with Crippen LogP contribution in [-0.2, 0) is 0 Å². The molecule has 0 fully saturated rings. The molecule has 4 heteroatoms. The fourth-order valence-corrected chi connectivity index (χ4v) is 0. The van der Waals surface area contributed by atoms with Gasteiger partial charge in [0.25, 0.3) is 0 Å². The van der Waals surface area contributed by atoms with E-state index >= 15 is 0 Å². The predicted molar refractivity (Wildman–Crippen MR) is 28.6 cm³/mol. The molecule has 0 rings (SSSR count). The van der Waals surface area contributed by atoms with Crippen molar-refractivity contribution in [2.24, 2.45) is 11.5 Å². The molecule has 0 saturated heterocycles. The first kappa shape index (κ1) is 9.57. The molecular weight excluding hydrogens is 92.1 g/mol. The normalized spacial score (nSPS) is 5.43. The molecule has 6 N–H and O–H groups in total. The maximum atomic E-state index is 5.62. The largest absolute Gasteiger partial charge is 0.329 e. The van der Waals surface area contributed by atoms with Gasteiger partial charge in [0.05, 0.1) is 6.01 Å². The summed E-state index contributed by atoms with van der Waals surface area (Å²) in [6.07, 6.45) is 0. The van der Waals surface area contributed by atoms with Crippen molar-refractivity contribution in [1.82, 2.24) is 0 Å². The average Bonchev–Trinajstić information content (AvgIpc) is 1.69. The molecule has 0 aliphatic carbocycles. The second-order valence-electron chi connectivity index (χ2n) is 0.702. The Morgan fingerprint density at radius 2 is 1.29 bits per heavy atom. The summed E-state index contributed by atoms with van der Waals surface area (Å²) < 4.78 is 0. The molecule has 0 amide bonds. The summed E-state index contributed by atoms with van der Waals surface area (Å²) in [5, 5.41) is 11.2. The number of hydrogen-bond acceptors (Lipinski definition) is 4. The third kappa shape index (κ3) is 641. The van der Waals surface area contributed by atoms with Crippen molar-refractivity contribution < 1.29 is 0 Å². The lowest BCUT2D eigenvalue weighted by atomic mass is 10.7. The van der Waals surface area contributed by atoms with Crippen LogP contribution in [-0.4, -0.2) is 19.1 Å². The minimum atomic E-state index is 0.597. The summed E-state index contributed by atoms with van der Waals surface area (Å²) >= 11 is 0. The Bertz CT molecular complexity index is 42.9. The lowest BCUT2D eigenvalue weighted by Gasteiger charge is -1.72. The SMILES string of the molecule is N=C=N.NCCN.